The standard InChI is InChI=1S/C16H24OSSe/c1-12(18-3)13-8-4-6-10-15(13)19-16-11-7-5-9-14(16)17-2/h4,6,8,10,12,14,16H,5,7,9,11H2,1-3H3/t12-,14?,16?/m0/s1. The Morgan fingerprint density at radius 2 is 2.00 bits per heavy atom. The van der Waals surface area contributed by atoms with Crippen LogP contribution in [0.2, 0.25) is 4.82 Å². The van der Waals surface area contributed by atoms with Crippen molar-refractivity contribution in [1.82, 2.24) is 0 Å². The van der Waals surface area contributed by atoms with E-state index in [1.165, 1.54) is 31.2 Å². The van der Waals surface area contributed by atoms with Crippen LogP contribution in [-0.2, 0) is 4.74 Å². The first-order valence-electron chi connectivity index (χ1n) is 7.07. The van der Waals surface area contributed by atoms with E-state index in [1.54, 1.807) is 4.46 Å². The summed E-state index contributed by atoms with van der Waals surface area (Å²) in [7, 11) is 1.88. The Bertz CT molecular complexity index is 396. The molecule has 19 heavy (non-hydrogen) atoms. The third-order valence-electron chi connectivity index (χ3n) is 3.93. The Hall–Kier alpha value is 0.0495. The van der Waals surface area contributed by atoms with Crippen LogP contribution in [0.3, 0.4) is 0 Å². The zero-order chi connectivity index (χ0) is 13.7. The number of thioether (sulfide) groups is 1. The third kappa shape index (κ3) is 4.01. The van der Waals surface area contributed by atoms with Gasteiger partial charge in [0.1, 0.15) is 0 Å². The fraction of sp³-hybridized carbons (Fsp3) is 0.625. The Balaban J connectivity index is 2.13. The molecule has 1 nitrogen and oxygen atoms in total. The van der Waals surface area contributed by atoms with Gasteiger partial charge in [0.05, 0.1) is 0 Å². The van der Waals surface area contributed by atoms with E-state index in [1.807, 2.05) is 18.9 Å². The van der Waals surface area contributed by atoms with E-state index < -0.39 is 0 Å². The Morgan fingerprint density at radius 3 is 2.74 bits per heavy atom. The summed E-state index contributed by atoms with van der Waals surface area (Å²) in [6.07, 6.45) is 8.02. The predicted molar refractivity (Wildman–Crippen MR) is 86.8 cm³/mol. The summed E-state index contributed by atoms with van der Waals surface area (Å²) in [6.45, 7) is 2.31. The van der Waals surface area contributed by atoms with Gasteiger partial charge in [-0.1, -0.05) is 0 Å². The van der Waals surface area contributed by atoms with Gasteiger partial charge in [0, 0.05) is 0 Å². The molecule has 1 aliphatic carbocycles. The van der Waals surface area contributed by atoms with Crippen molar-refractivity contribution < 1.29 is 4.74 Å². The van der Waals surface area contributed by atoms with Crippen LogP contribution in [-0.4, -0.2) is 34.4 Å². The number of hydrogen-bond donors (Lipinski definition) is 0. The van der Waals surface area contributed by atoms with E-state index in [0.717, 1.165) is 4.82 Å². The molecule has 0 amide bonds. The van der Waals surface area contributed by atoms with Crippen molar-refractivity contribution in [2.75, 3.05) is 13.4 Å². The van der Waals surface area contributed by atoms with Gasteiger partial charge in [-0.15, -0.1) is 0 Å². The van der Waals surface area contributed by atoms with Crippen molar-refractivity contribution in [3.8, 4) is 0 Å². The second-order valence-corrected chi connectivity index (χ2v) is 9.00. The molecule has 3 heteroatoms. The molecule has 0 bridgehead atoms. The summed E-state index contributed by atoms with van der Waals surface area (Å²) in [5.74, 6) is 0. The van der Waals surface area contributed by atoms with Gasteiger partial charge in [-0.25, -0.2) is 0 Å². The van der Waals surface area contributed by atoms with E-state index in [9.17, 15) is 0 Å². The fourth-order valence-corrected chi connectivity index (χ4v) is 6.56. The van der Waals surface area contributed by atoms with Gasteiger partial charge in [0.15, 0.2) is 0 Å². The molecule has 2 rings (SSSR count). The topological polar surface area (TPSA) is 9.23 Å². The quantitative estimate of drug-likeness (QED) is 0.752. The van der Waals surface area contributed by atoms with E-state index in [-0.39, 0.29) is 0 Å². The molecule has 3 atom stereocenters. The normalized spacial score (nSPS) is 25.2. The molecule has 1 saturated carbocycles. The van der Waals surface area contributed by atoms with Gasteiger partial charge in [-0.05, 0) is 0 Å². The van der Waals surface area contributed by atoms with E-state index in [2.05, 4.69) is 37.4 Å². The van der Waals surface area contributed by atoms with E-state index in [4.69, 9.17) is 4.74 Å². The van der Waals surface area contributed by atoms with Gasteiger partial charge >= 0.3 is 128 Å². The summed E-state index contributed by atoms with van der Waals surface area (Å²) in [5.41, 5.74) is 1.54. The molecule has 1 aromatic rings. The van der Waals surface area contributed by atoms with Crippen LogP contribution in [0.15, 0.2) is 24.3 Å². The third-order valence-corrected chi connectivity index (χ3v) is 7.97. The Labute approximate surface area is 128 Å². The summed E-state index contributed by atoms with van der Waals surface area (Å²) >= 11 is 2.48. The second-order valence-electron chi connectivity index (χ2n) is 5.13. The maximum absolute atomic E-state index is 5.71. The summed E-state index contributed by atoms with van der Waals surface area (Å²) in [6, 6.07) is 9.01. The first kappa shape index (κ1) is 15.4. The van der Waals surface area contributed by atoms with Crippen molar-refractivity contribution in [3.63, 3.8) is 0 Å². The number of rotatable bonds is 5. The maximum atomic E-state index is 5.71. The van der Waals surface area contributed by atoms with Crippen LogP contribution in [0.4, 0.5) is 0 Å². The summed E-state index contributed by atoms with van der Waals surface area (Å²) < 4.78 is 7.30. The SMILES string of the molecule is COC1CCCCC1[Se]c1ccccc1[C@H](C)SC. The molecule has 1 aromatic carbocycles. The van der Waals surface area contributed by atoms with Gasteiger partial charge < -0.3 is 0 Å². The van der Waals surface area contributed by atoms with Crippen LogP contribution in [0.1, 0.15) is 43.4 Å². The summed E-state index contributed by atoms with van der Waals surface area (Å²) in [4.78, 5) is 0.765. The van der Waals surface area contributed by atoms with Crippen LogP contribution < -0.4 is 4.46 Å². The van der Waals surface area contributed by atoms with Crippen LogP contribution >= 0.6 is 11.8 Å². The molecule has 0 spiro atoms. The molecule has 0 saturated heterocycles. The van der Waals surface area contributed by atoms with Crippen LogP contribution in [0.5, 0.6) is 0 Å². The van der Waals surface area contributed by atoms with Crippen LogP contribution in [0, 0.1) is 0 Å². The average molecular weight is 343 g/mol. The molecule has 2 unspecified atom stereocenters. The first-order valence-corrected chi connectivity index (χ1v) is 10.2. The second kappa shape index (κ2) is 7.73. The van der Waals surface area contributed by atoms with Gasteiger partial charge in [-0.2, -0.15) is 0 Å². The van der Waals surface area contributed by atoms with Crippen molar-refractivity contribution in [1.29, 1.82) is 0 Å². The van der Waals surface area contributed by atoms with Crippen molar-refractivity contribution >= 4 is 31.2 Å². The summed E-state index contributed by atoms with van der Waals surface area (Å²) in [5, 5.41) is 0.600. The number of methoxy groups -OCH3 is 1. The zero-order valence-electron chi connectivity index (χ0n) is 12.1. The predicted octanol–water partition coefficient (Wildman–Crippen LogP) is 3.82. The molecule has 0 radical (unpaired) electrons. The van der Waals surface area contributed by atoms with Crippen molar-refractivity contribution in [2.24, 2.45) is 0 Å². The average Bonchev–Trinajstić information content (AvgIpc) is 2.47. The molecular formula is C16H24OSSe. The molecule has 0 aliphatic heterocycles. The van der Waals surface area contributed by atoms with E-state index in [0.29, 0.717) is 26.3 Å². The van der Waals surface area contributed by atoms with Gasteiger partial charge in [0.2, 0.25) is 0 Å². The molecule has 0 heterocycles. The number of benzene rings is 1. The molecule has 0 N–H and O–H groups in total. The molecule has 0 aromatic heterocycles. The zero-order valence-corrected chi connectivity index (χ0v) is 14.6. The monoisotopic (exact) mass is 344 g/mol. The molecular weight excluding hydrogens is 319 g/mol. The van der Waals surface area contributed by atoms with Gasteiger partial charge in [0.25, 0.3) is 0 Å². The minimum absolute atomic E-state index is 0.492. The molecule has 1 aliphatic rings. The molecule has 1 fully saturated rings. The first-order chi connectivity index (χ1) is 9.26. The Kier molecular flexibility index (Phi) is 6.28. The van der Waals surface area contributed by atoms with Crippen LogP contribution in [0.25, 0.3) is 0 Å². The minimum atomic E-state index is 0.492. The van der Waals surface area contributed by atoms with Crippen molar-refractivity contribution in [3.05, 3.63) is 29.8 Å². The van der Waals surface area contributed by atoms with Gasteiger partial charge in [-0.3, -0.25) is 0 Å². The Morgan fingerprint density at radius 1 is 1.26 bits per heavy atom. The molecule has 106 valence electrons. The number of hydrogen-bond acceptors (Lipinski definition) is 2. The number of ether oxygens (including phenoxy) is 1. The van der Waals surface area contributed by atoms with Crippen molar-refractivity contribution in [2.45, 2.75) is 48.8 Å². The fourth-order valence-electron chi connectivity index (χ4n) is 2.68. The van der Waals surface area contributed by atoms with E-state index >= 15 is 0 Å².